The summed E-state index contributed by atoms with van der Waals surface area (Å²) in [7, 11) is 0.990. The van der Waals surface area contributed by atoms with Crippen LogP contribution in [0, 0.1) is 0 Å². The molecule has 0 saturated heterocycles. The maximum atomic E-state index is 12.1. The normalized spacial score (nSPS) is 9.75. The van der Waals surface area contributed by atoms with Crippen LogP contribution in [0.25, 0.3) is 0 Å². The maximum Gasteiger partial charge on any atom is 0.247 e. The fourth-order valence-electron chi connectivity index (χ4n) is 0.728. The van der Waals surface area contributed by atoms with Crippen molar-refractivity contribution in [2.45, 2.75) is 6.67 Å². The molecule has 0 fully saturated rings. The van der Waals surface area contributed by atoms with Crippen molar-refractivity contribution in [2.24, 2.45) is 0 Å². The van der Waals surface area contributed by atoms with Gasteiger partial charge in [0.25, 0.3) is 0 Å². The van der Waals surface area contributed by atoms with E-state index in [-0.39, 0.29) is 5.12 Å². The Hall–Kier alpha value is -0.368. The van der Waals surface area contributed by atoms with Crippen LogP contribution in [0.15, 0.2) is 18.2 Å². The molecular weight excluding hydrogens is 192 g/mol. The van der Waals surface area contributed by atoms with Gasteiger partial charge in [-0.15, -0.1) is 0 Å². The first-order valence-corrected chi connectivity index (χ1v) is 5.50. The molecule has 2 radical (unpaired) electrons. The van der Waals surface area contributed by atoms with E-state index in [1.165, 1.54) is 0 Å². The topological polar surface area (TPSA) is 30.0 Å². The Morgan fingerprint density at radius 1 is 1.67 bits per heavy atom. The third-order valence-electron chi connectivity index (χ3n) is 1.26. The van der Waals surface area contributed by atoms with Crippen LogP contribution in [-0.2, 0) is 6.67 Å². The van der Waals surface area contributed by atoms with Gasteiger partial charge in [0.05, 0.1) is 5.69 Å². The molecule has 0 atom stereocenters. The van der Waals surface area contributed by atoms with Gasteiger partial charge in [-0.3, -0.25) is 4.79 Å². The SMILES string of the molecule is O=C([S][Al])c1cccc(CF)n1. The van der Waals surface area contributed by atoms with Gasteiger partial charge >= 0.3 is 0 Å². The molecule has 0 spiro atoms. The summed E-state index contributed by atoms with van der Waals surface area (Å²) in [5, 5.41) is -0.171. The molecule has 1 aromatic rings. The standard InChI is InChI=1S/C7H6FNOS.Al/c8-4-5-2-1-3-6(9-5)7(10)11;/h1-3H,4H2,(H,10,11);/q;+1/p-1. The van der Waals surface area contributed by atoms with Crippen LogP contribution < -0.4 is 0 Å². The number of nitrogens with zero attached hydrogens (tertiary/aromatic N) is 1. The van der Waals surface area contributed by atoms with Gasteiger partial charge < -0.3 is 0 Å². The number of hydrogen-bond acceptors (Lipinski definition) is 3. The van der Waals surface area contributed by atoms with Crippen LogP contribution in [0.4, 0.5) is 4.39 Å². The van der Waals surface area contributed by atoms with Gasteiger partial charge in [0.2, 0.25) is 20.3 Å². The zero-order chi connectivity index (χ0) is 8.97. The molecule has 0 amide bonds. The van der Waals surface area contributed by atoms with Crippen LogP contribution in [0.5, 0.6) is 0 Å². The molecule has 0 bridgehead atoms. The predicted octanol–water partition coefficient (Wildman–Crippen LogP) is 1.51. The fraction of sp³-hybridized carbons (Fsp3) is 0.143. The van der Waals surface area contributed by atoms with E-state index >= 15 is 0 Å². The lowest BCUT2D eigenvalue weighted by molar-refractivity contribution is 0.108. The van der Waals surface area contributed by atoms with Gasteiger partial charge in [-0.2, -0.15) is 0 Å². The van der Waals surface area contributed by atoms with Crippen molar-refractivity contribution >= 4 is 30.4 Å². The first kappa shape index (κ1) is 9.72. The summed E-state index contributed by atoms with van der Waals surface area (Å²) in [6, 6.07) is 4.73. The van der Waals surface area contributed by atoms with E-state index in [9.17, 15) is 9.18 Å². The molecule has 5 heteroatoms. The zero-order valence-electron chi connectivity index (χ0n) is 6.16. The highest BCUT2D eigenvalue weighted by Gasteiger charge is 2.04. The number of alkyl halides is 1. The van der Waals surface area contributed by atoms with Gasteiger partial charge in [-0.1, -0.05) is 6.07 Å². The molecule has 1 aromatic heterocycles. The molecule has 0 N–H and O–H groups in total. The molecule has 0 aliphatic carbocycles. The molecule has 1 heterocycles. The Morgan fingerprint density at radius 3 is 3.00 bits per heavy atom. The number of carbonyl (C=O) groups is 1. The van der Waals surface area contributed by atoms with Crippen molar-refractivity contribution in [3.8, 4) is 0 Å². The summed E-state index contributed by atoms with van der Waals surface area (Å²) in [6.45, 7) is -0.636. The second-order valence-electron chi connectivity index (χ2n) is 2.05. The smallest absolute Gasteiger partial charge is 0.247 e. The van der Waals surface area contributed by atoms with Crippen molar-refractivity contribution in [3.05, 3.63) is 29.6 Å². The molecule has 60 valence electrons. The summed E-state index contributed by atoms with van der Waals surface area (Å²) < 4.78 is 12.1. The van der Waals surface area contributed by atoms with Gasteiger partial charge in [-0.25, -0.2) is 19.5 Å². The summed E-state index contributed by atoms with van der Waals surface area (Å²) >= 11 is 2.23. The average molecular weight is 197 g/mol. The molecular formula is C7H5AlFNOS. The van der Waals surface area contributed by atoms with E-state index < -0.39 is 6.67 Å². The van der Waals surface area contributed by atoms with E-state index in [2.05, 4.69) is 20.1 Å². The van der Waals surface area contributed by atoms with Gasteiger partial charge in [0, 0.05) is 0 Å². The van der Waals surface area contributed by atoms with Crippen molar-refractivity contribution in [3.63, 3.8) is 0 Å². The fourth-order valence-corrected chi connectivity index (χ4v) is 1.32. The third-order valence-corrected chi connectivity index (χ3v) is 2.33. The van der Waals surface area contributed by atoms with E-state index in [1.54, 1.807) is 18.2 Å². The minimum absolute atomic E-state index is 0.171. The van der Waals surface area contributed by atoms with Crippen LogP contribution in [0.2, 0.25) is 0 Å². The van der Waals surface area contributed by atoms with Crippen LogP contribution >= 0.6 is 10.1 Å². The largest absolute Gasteiger partial charge is 0.282 e. The second kappa shape index (κ2) is 4.61. The number of pyridine rings is 1. The van der Waals surface area contributed by atoms with Crippen LogP contribution in [-0.4, -0.2) is 25.3 Å². The summed E-state index contributed by atoms with van der Waals surface area (Å²) in [5.74, 6) is 0. The van der Waals surface area contributed by atoms with Crippen molar-refractivity contribution < 1.29 is 9.18 Å². The number of halogens is 1. The summed E-state index contributed by atoms with van der Waals surface area (Å²) in [5.41, 5.74) is 0.588. The average Bonchev–Trinajstić information content (AvgIpc) is 2.17. The Balaban J connectivity index is 2.93. The number of rotatable bonds is 2. The number of aromatic nitrogens is 1. The quantitative estimate of drug-likeness (QED) is 0.673. The lowest BCUT2D eigenvalue weighted by Crippen LogP contribution is -1.98. The first-order valence-electron chi connectivity index (χ1n) is 3.21. The Morgan fingerprint density at radius 2 is 2.42 bits per heavy atom. The highest BCUT2D eigenvalue weighted by Crippen LogP contribution is 2.07. The van der Waals surface area contributed by atoms with E-state index in [4.69, 9.17) is 0 Å². The van der Waals surface area contributed by atoms with Gasteiger partial charge in [0.15, 0.2) is 0 Å². The molecule has 0 aromatic carbocycles. The van der Waals surface area contributed by atoms with E-state index in [0.717, 1.165) is 10.1 Å². The Bertz CT molecular complexity index is 294. The lowest BCUT2D eigenvalue weighted by atomic mass is 10.3. The minimum atomic E-state index is -0.636. The van der Waals surface area contributed by atoms with E-state index in [1.807, 2.05) is 0 Å². The molecule has 0 aliphatic heterocycles. The van der Waals surface area contributed by atoms with Crippen LogP contribution in [0.1, 0.15) is 16.2 Å². The molecule has 0 aliphatic rings. The molecule has 2 nitrogen and oxygen atoms in total. The highest BCUT2D eigenvalue weighted by molar-refractivity contribution is 8.31. The second-order valence-corrected chi connectivity index (χ2v) is 3.37. The Kier molecular flexibility index (Phi) is 3.73. The number of carbonyl (C=O) groups excluding carboxylic acids is 1. The maximum absolute atomic E-state index is 12.1. The minimum Gasteiger partial charge on any atom is -0.282 e. The monoisotopic (exact) mass is 197 g/mol. The Labute approximate surface area is 81.0 Å². The summed E-state index contributed by atoms with van der Waals surface area (Å²) in [4.78, 5) is 14.8. The van der Waals surface area contributed by atoms with Crippen LogP contribution in [0.3, 0.4) is 0 Å². The van der Waals surface area contributed by atoms with Gasteiger partial charge in [0.1, 0.15) is 12.4 Å². The molecule has 0 unspecified atom stereocenters. The van der Waals surface area contributed by atoms with Crippen molar-refractivity contribution in [2.75, 3.05) is 0 Å². The predicted molar refractivity (Wildman–Crippen MR) is 46.7 cm³/mol. The van der Waals surface area contributed by atoms with Crippen molar-refractivity contribution in [1.29, 1.82) is 0 Å². The first-order chi connectivity index (χ1) is 5.77. The van der Waals surface area contributed by atoms with Gasteiger partial charge in [-0.05, 0) is 12.1 Å². The number of hydrogen-bond donors (Lipinski definition) is 0. The van der Waals surface area contributed by atoms with Crippen molar-refractivity contribution in [1.82, 2.24) is 4.98 Å². The molecule has 12 heavy (non-hydrogen) atoms. The molecule has 0 saturated carbocycles. The lowest BCUT2D eigenvalue weighted by Gasteiger charge is -1.98. The molecule has 1 rings (SSSR count). The van der Waals surface area contributed by atoms with E-state index in [0.29, 0.717) is 11.4 Å². The third kappa shape index (κ3) is 2.31. The highest BCUT2D eigenvalue weighted by atomic mass is 32.3. The zero-order valence-corrected chi connectivity index (χ0v) is 8.13. The summed E-state index contributed by atoms with van der Waals surface area (Å²) in [6.07, 6.45) is 0.